The van der Waals surface area contributed by atoms with Crippen molar-refractivity contribution in [2.75, 3.05) is 0 Å². The Hall–Kier alpha value is -4.01. The molecule has 345 valence electrons. The zero-order chi connectivity index (χ0) is 47.2. The number of hydrogen-bond acceptors (Lipinski definition) is 0. The van der Waals surface area contributed by atoms with Gasteiger partial charge in [-0.2, -0.15) is 0 Å². The van der Waals surface area contributed by atoms with Crippen LogP contribution in [0.3, 0.4) is 0 Å². The molecule has 0 bridgehead atoms. The van der Waals surface area contributed by atoms with Crippen molar-refractivity contribution < 1.29 is 17.3 Å². The van der Waals surface area contributed by atoms with Crippen LogP contribution in [0.5, 0.6) is 0 Å². The van der Waals surface area contributed by atoms with E-state index in [1.165, 1.54) is 128 Å². The van der Waals surface area contributed by atoms with Gasteiger partial charge in [0.1, 0.15) is 45.6 Å². The quantitative estimate of drug-likeness (QED) is 0.0616. The third kappa shape index (κ3) is 12.4. The van der Waals surface area contributed by atoms with E-state index < -0.39 is 15.8 Å². The van der Waals surface area contributed by atoms with Crippen LogP contribution in [-0.2, 0) is 17.3 Å². The fourth-order valence-electron chi connectivity index (χ4n) is 10.4. The number of fused-ring (bicyclic) bond motifs is 2. The molecule has 0 nitrogen and oxygen atoms in total. The Bertz CT molecular complexity index is 2910. The standard InChI is InChI=1S/C52H47P2.C10H18.2ClH.Ru/c1-33-21-34(2)26-43(25-33)53(44-27-35(3)22-36(4)28-44)49-19-17-41-13-9-11-15-47(41)51(49)52-48-16-12-10-14-42(48)18-20-50(52)54(45-29-37(5)23-38(6)30-45)46-31-39(7)24-40(8)32-46;1-8(2)10-6-4-9(3)5-7-10;;;/h9-23,25-32H,1-8H3;4,8,10H,5-7H2,1-3H3;2*1H;/q+1;;;;+1/p+1. The molecule has 0 amide bonds. The van der Waals surface area contributed by atoms with E-state index in [4.69, 9.17) is 0 Å². The van der Waals surface area contributed by atoms with Gasteiger partial charge >= 0.3 is 27.0 Å². The first-order valence-corrected chi connectivity index (χ1v) is 28.8. The van der Waals surface area contributed by atoms with Crippen LogP contribution in [0, 0.1) is 59.5 Å². The van der Waals surface area contributed by atoms with Gasteiger partial charge in [0.2, 0.25) is 5.31 Å². The molecule has 7 aromatic carbocycles. The number of allylic oxidation sites excluding steroid dienone is 8. The molecular weight excluding hydrogens is 979 g/mol. The Morgan fingerprint density at radius 3 is 1.36 bits per heavy atom. The SMILES string of the molecule is CC1=CCC(C(C)C)CC1.CC1=[C+]C(C)=CC([PH+](c2cc(C)cc(C)c2)c2ccc3ccccc3c2-c2c([PH+](c3cc(C)cc(C)c3)c3cc(C)cc(C)c3)ccc3ccccc23)=C1.Cl.[Cl][Ru]. The summed E-state index contributed by atoms with van der Waals surface area (Å²) in [7, 11) is 1.57. The molecule has 5 heteroatoms. The molecule has 0 spiro atoms. The van der Waals surface area contributed by atoms with Crippen LogP contribution in [0.4, 0.5) is 0 Å². The first-order valence-electron chi connectivity index (χ1n) is 23.6. The van der Waals surface area contributed by atoms with Gasteiger partial charge in [-0.1, -0.05) is 104 Å². The first-order chi connectivity index (χ1) is 31.7. The number of benzene rings is 7. The molecule has 0 saturated heterocycles. The summed E-state index contributed by atoms with van der Waals surface area (Å²) in [6.07, 6.45) is 14.9. The van der Waals surface area contributed by atoms with Gasteiger partial charge in [-0.15, -0.1) is 12.4 Å². The normalized spacial score (nSPS) is 14.9. The fourth-order valence-corrected chi connectivity index (χ4v) is 16.8. The summed E-state index contributed by atoms with van der Waals surface area (Å²) in [6.45, 7) is 24.8. The number of halogens is 2. The molecule has 0 radical (unpaired) electrons. The molecule has 7 aromatic rings. The molecule has 2 aliphatic carbocycles. The summed E-state index contributed by atoms with van der Waals surface area (Å²) >= 11 is 1.82. The van der Waals surface area contributed by atoms with Crippen molar-refractivity contribution in [2.24, 2.45) is 11.8 Å². The summed E-state index contributed by atoms with van der Waals surface area (Å²) < 4.78 is 0. The molecule has 0 heterocycles. The minimum atomic E-state index is -1.51. The molecule has 0 saturated carbocycles. The van der Waals surface area contributed by atoms with Crippen LogP contribution >= 0.6 is 37.9 Å². The van der Waals surface area contributed by atoms with Crippen molar-refractivity contribution in [3.8, 4) is 11.1 Å². The van der Waals surface area contributed by atoms with Gasteiger partial charge in [0.15, 0.2) is 0 Å². The van der Waals surface area contributed by atoms with Crippen LogP contribution in [-0.4, -0.2) is 0 Å². The van der Waals surface area contributed by atoms with E-state index >= 15 is 0 Å². The summed E-state index contributed by atoms with van der Waals surface area (Å²) in [6, 6.07) is 49.6. The molecule has 9 rings (SSSR count). The molecule has 67 heavy (non-hydrogen) atoms. The van der Waals surface area contributed by atoms with Gasteiger partial charge in [0.25, 0.3) is 0 Å². The predicted octanol–water partition coefficient (Wildman–Crippen LogP) is 16.3. The van der Waals surface area contributed by atoms with Crippen molar-refractivity contribution in [2.45, 2.75) is 95.4 Å². The number of rotatable bonds is 8. The summed E-state index contributed by atoms with van der Waals surface area (Å²) in [5.41, 5.74) is 14.6. The second-order valence-electron chi connectivity index (χ2n) is 19.4. The van der Waals surface area contributed by atoms with Crippen LogP contribution < -0.4 is 26.5 Å². The van der Waals surface area contributed by atoms with Crippen LogP contribution in [0.15, 0.2) is 168 Å². The van der Waals surface area contributed by atoms with Gasteiger partial charge < -0.3 is 0 Å². The van der Waals surface area contributed by atoms with Crippen molar-refractivity contribution in [1.82, 2.24) is 0 Å². The zero-order valence-corrected chi connectivity index (χ0v) is 46.6. The predicted molar refractivity (Wildman–Crippen MR) is 303 cm³/mol. The Morgan fingerprint density at radius 1 is 0.537 bits per heavy atom. The maximum absolute atomic E-state index is 4.57. The van der Waals surface area contributed by atoms with E-state index in [1.54, 1.807) is 5.57 Å². The van der Waals surface area contributed by atoms with Crippen molar-refractivity contribution in [3.05, 3.63) is 207 Å². The molecule has 0 aromatic heterocycles. The van der Waals surface area contributed by atoms with Gasteiger partial charge in [-0.3, -0.25) is 0 Å². The Morgan fingerprint density at radius 2 is 0.955 bits per heavy atom. The zero-order valence-electron chi connectivity index (χ0n) is 41.3. The molecule has 0 fully saturated rings. The summed E-state index contributed by atoms with van der Waals surface area (Å²) in [5, 5.41) is 13.8. The van der Waals surface area contributed by atoms with E-state index in [0.717, 1.165) is 11.8 Å². The Balaban J connectivity index is 0.000000502. The maximum atomic E-state index is 4.57. The Labute approximate surface area is 425 Å². The van der Waals surface area contributed by atoms with Gasteiger partial charge in [-0.05, 0) is 197 Å². The topological polar surface area (TPSA) is 0 Å². The van der Waals surface area contributed by atoms with Gasteiger partial charge in [0.05, 0.1) is 20.1 Å². The first kappa shape index (κ1) is 52.4. The minimum absolute atomic E-state index is 0. The van der Waals surface area contributed by atoms with Crippen LogP contribution in [0.2, 0.25) is 0 Å². The third-order valence-electron chi connectivity index (χ3n) is 13.2. The average molecular weight is 1050 g/mol. The molecule has 2 aliphatic rings. The number of hydrogen-bond donors (Lipinski definition) is 0. The third-order valence-corrected chi connectivity index (χ3v) is 18.6. The Kier molecular flexibility index (Phi) is 18.4. The van der Waals surface area contributed by atoms with E-state index in [2.05, 4.69) is 238 Å². The van der Waals surface area contributed by atoms with Crippen molar-refractivity contribution in [1.29, 1.82) is 0 Å². The van der Waals surface area contributed by atoms with Gasteiger partial charge in [0, 0.05) is 17.2 Å². The number of aryl methyl sites for hydroxylation is 6. The van der Waals surface area contributed by atoms with E-state index in [1.807, 2.05) is 17.3 Å². The fraction of sp³-hybridized carbons (Fsp3) is 0.258. The van der Waals surface area contributed by atoms with Crippen LogP contribution in [0.25, 0.3) is 32.7 Å². The average Bonchev–Trinajstić information content (AvgIpc) is 3.26. The molecule has 0 aliphatic heterocycles. The summed E-state index contributed by atoms with van der Waals surface area (Å²) in [5.74, 6) is 1.84. The second kappa shape index (κ2) is 23.5. The second-order valence-corrected chi connectivity index (χ2v) is 24.2. The van der Waals surface area contributed by atoms with Crippen molar-refractivity contribution >= 4 is 86.0 Å². The molecule has 0 N–H and O–H groups in total. The van der Waals surface area contributed by atoms with Crippen LogP contribution in [0.1, 0.15) is 87.3 Å². The van der Waals surface area contributed by atoms with E-state index in [-0.39, 0.29) is 12.4 Å². The molecule has 2 unspecified atom stereocenters. The van der Waals surface area contributed by atoms with E-state index in [9.17, 15) is 0 Å². The molecule has 2 atom stereocenters. The summed E-state index contributed by atoms with van der Waals surface area (Å²) in [4.78, 5) is 0. The van der Waals surface area contributed by atoms with Gasteiger partial charge in [-0.25, -0.2) is 0 Å². The molecular formula is C62H68Cl2P2Ru+3. The monoisotopic (exact) mass is 1050 g/mol. The van der Waals surface area contributed by atoms with E-state index in [0.29, 0.717) is 0 Å². The van der Waals surface area contributed by atoms with Crippen molar-refractivity contribution in [3.63, 3.8) is 0 Å².